The second-order valence-electron chi connectivity index (χ2n) is 8.28. The molecule has 1 aliphatic heterocycles. The van der Waals surface area contributed by atoms with Crippen LogP contribution in [0.5, 0.6) is 0 Å². The molecule has 1 saturated heterocycles. The number of anilines is 2. The van der Waals surface area contributed by atoms with E-state index in [4.69, 9.17) is 9.47 Å². The van der Waals surface area contributed by atoms with Crippen LogP contribution in [0.3, 0.4) is 0 Å². The molecule has 0 unspecified atom stereocenters. The summed E-state index contributed by atoms with van der Waals surface area (Å²) in [5.41, 5.74) is -1.69. The lowest BCUT2D eigenvalue weighted by atomic mass is 9.81. The van der Waals surface area contributed by atoms with Gasteiger partial charge in [-0.15, -0.1) is 0 Å². The maximum absolute atomic E-state index is 13.2. The molecule has 0 aromatic heterocycles. The lowest BCUT2D eigenvalue weighted by Crippen LogP contribution is -2.56. The van der Waals surface area contributed by atoms with Crippen LogP contribution in [0, 0.1) is 0 Å². The third-order valence-electron chi connectivity index (χ3n) is 5.80. The number of amides is 2. The van der Waals surface area contributed by atoms with Crippen molar-refractivity contribution in [3.8, 4) is 0 Å². The molecule has 3 rings (SSSR count). The highest BCUT2D eigenvalue weighted by Gasteiger charge is 2.42. The summed E-state index contributed by atoms with van der Waals surface area (Å²) in [5.74, 6) is -1.87. The largest absolute Gasteiger partial charge is 0.454 e. The number of carbonyl (C=O) groups is 3. The average molecular weight is 471 g/mol. The van der Waals surface area contributed by atoms with Gasteiger partial charge in [0.15, 0.2) is 6.61 Å². The lowest BCUT2D eigenvalue weighted by Gasteiger charge is -2.35. The Bertz CT molecular complexity index is 879. The molecule has 33 heavy (non-hydrogen) atoms. The number of alkyl halides is 3. The Hall–Kier alpha value is -2.82. The highest BCUT2D eigenvalue weighted by atomic mass is 19.4. The number of benzene rings is 1. The van der Waals surface area contributed by atoms with E-state index in [2.05, 4.69) is 10.6 Å². The van der Waals surface area contributed by atoms with E-state index in [-0.39, 0.29) is 11.6 Å². The van der Waals surface area contributed by atoms with E-state index in [0.717, 1.165) is 31.4 Å². The van der Waals surface area contributed by atoms with E-state index in [1.165, 1.54) is 13.0 Å². The highest BCUT2D eigenvalue weighted by molar-refractivity contribution is 5.97. The van der Waals surface area contributed by atoms with Crippen molar-refractivity contribution >= 4 is 29.2 Å². The molecule has 8 nitrogen and oxygen atoms in total. The van der Waals surface area contributed by atoms with Gasteiger partial charge in [-0.05, 0) is 31.0 Å². The van der Waals surface area contributed by atoms with Crippen LogP contribution in [0.1, 0.15) is 44.6 Å². The first-order valence-corrected chi connectivity index (χ1v) is 10.9. The maximum atomic E-state index is 13.2. The van der Waals surface area contributed by atoms with Gasteiger partial charge in [0, 0.05) is 20.0 Å². The molecule has 0 bridgehead atoms. The first-order chi connectivity index (χ1) is 15.6. The van der Waals surface area contributed by atoms with Gasteiger partial charge >= 0.3 is 12.1 Å². The molecule has 1 aromatic carbocycles. The Balaban J connectivity index is 1.71. The number of hydrogen-bond acceptors (Lipinski definition) is 6. The summed E-state index contributed by atoms with van der Waals surface area (Å²) in [6.07, 6.45) is -1.39. The van der Waals surface area contributed by atoms with Gasteiger partial charge in [0.05, 0.1) is 30.2 Å². The average Bonchev–Trinajstić information content (AvgIpc) is 2.77. The molecule has 2 fully saturated rings. The molecule has 11 heteroatoms. The summed E-state index contributed by atoms with van der Waals surface area (Å²) in [6, 6.07) is 3.13. The number of hydrogen-bond donors (Lipinski definition) is 2. The number of ether oxygens (including phenoxy) is 2. The fourth-order valence-corrected chi connectivity index (χ4v) is 4.22. The number of rotatable bonds is 6. The summed E-state index contributed by atoms with van der Waals surface area (Å²) in [7, 11) is 0. The van der Waals surface area contributed by atoms with Crippen molar-refractivity contribution in [1.29, 1.82) is 0 Å². The zero-order chi connectivity index (χ0) is 24.1. The van der Waals surface area contributed by atoms with Gasteiger partial charge in [0.25, 0.3) is 5.91 Å². The van der Waals surface area contributed by atoms with Crippen LogP contribution in [0.2, 0.25) is 0 Å². The predicted molar refractivity (Wildman–Crippen MR) is 114 cm³/mol. The van der Waals surface area contributed by atoms with E-state index in [1.54, 1.807) is 0 Å². The number of nitrogens with one attached hydrogen (secondary N) is 2. The molecule has 0 spiro atoms. The smallest absolute Gasteiger partial charge is 0.416 e. The van der Waals surface area contributed by atoms with Gasteiger partial charge in [-0.25, -0.2) is 4.79 Å². The minimum Gasteiger partial charge on any atom is -0.454 e. The fraction of sp³-hybridized carbons (Fsp3) is 0.591. The second kappa shape index (κ2) is 10.4. The van der Waals surface area contributed by atoms with Crippen molar-refractivity contribution in [2.45, 2.75) is 50.7 Å². The third-order valence-corrected chi connectivity index (χ3v) is 5.80. The van der Waals surface area contributed by atoms with Crippen LogP contribution in [-0.4, -0.2) is 56.2 Å². The molecular weight excluding hydrogens is 443 g/mol. The normalized spacial score (nSPS) is 18.4. The zero-order valence-corrected chi connectivity index (χ0v) is 18.4. The Kier molecular flexibility index (Phi) is 7.83. The van der Waals surface area contributed by atoms with Crippen molar-refractivity contribution in [2.24, 2.45) is 0 Å². The number of carbonyl (C=O) groups excluding carboxylic acids is 3. The molecule has 0 atom stereocenters. The maximum Gasteiger partial charge on any atom is 0.416 e. The molecule has 1 aliphatic carbocycles. The molecule has 1 heterocycles. The van der Waals surface area contributed by atoms with Crippen LogP contribution in [0.4, 0.5) is 24.5 Å². The second-order valence-corrected chi connectivity index (χ2v) is 8.28. The summed E-state index contributed by atoms with van der Waals surface area (Å²) >= 11 is 0. The Morgan fingerprint density at radius 3 is 2.39 bits per heavy atom. The minimum atomic E-state index is -4.58. The molecule has 2 amide bonds. The molecule has 1 saturated carbocycles. The van der Waals surface area contributed by atoms with Crippen LogP contribution < -0.4 is 15.5 Å². The van der Waals surface area contributed by atoms with Gasteiger partial charge in [-0.2, -0.15) is 13.2 Å². The summed E-state index contributed by atoms with van der Waals surface area (Å²) in [6.45, 7) is 2.37. The quantitative estimate of drug-likeness (QED) is 0.620. The summed E-state index contributed by atoms with van der Waals surface area (Å²) in [5, 5.41) is 5.10. The summed E-state index contributed by atoms with van der Waals surface area (Å²) in [4.78, 5) is 38.7. The van der Waals surface area contributed by atoms with E-state index < -0.39 is 35.8 Å². The molecule has 2 aliphatic rings. The number of nitrogens with zero attached hydrogens (tertiary/aromatic N) is 1. The Labute approximate surface area is 189 Å². The topological polar surface area (TPSA) is 97.0 Å². The van der Waals surface area contributed by atoms with E-state index in [0.29, 0.717) is 44.8 Å². The lowest BCUT2D eigenvalue weighted by molar-refractivity contribution is -0.157. The van der Waals surface area contributed by atoms with Gasteiger partial charge in [0.1, 0.15) is 5.54 Å². The third kappa shape index (κ3) is 6.37. The van der Waals surface area contributed by atoms with Crippen molar-refractivity contribution in [1.82, 2.24) is 5.32 Å². The van der Waals surface area contributed by atoms with Gasteiger partial charge < -0.3 is 25.0 Å². The standard InChI is InChI=1S/C22H28F3N3O5/c1-15(29)27-21(7-3-2-4-8-21)20(31)33-14-19(30)26-17-13-16(22(23,24)25)5-6-18(17)28-9-11-32-12-10-28/h5-6,13H,2-4,7-12,14H2,1H3,(H,26,30)(H,27,29). The van der Waals surface area contributed by atoms with Crippen molar-refractivity contribution in [3.05, 3.63) is 23.8 Å². The van der Waals surface area contributed by atoms with Crippen molar-refractivity contribution < 1.29 is 37.0 Å². The van der Waals surface area contributed by atoms with Gasteiger partial charge in [-0.1, -0.05) is 19.3 Å². The van der Waals surface area contributed by atoms with Crippen LogP contribution in [0.25, 0.3) is 0 Å². The highest BCUT2D eigenvalue weighted by Crippen LogP contribution is 2.36. The van der Waals surface area contributed by atoms with E-state index in [1.807, 2.05) is 4.90 Å². The summed E-state index contributed by atoms with van der Waals surface area (Å²) < 4.78 is 50.2. The minimum absolute atomic E-state index is 0.0259. The molecule has 2 N–H and O–H groups in total. The van der Waals surface area contributed by atoms with Crippen molar-refractivity contribution in [2.75, 3.05) is 43.1 Å². The predicted octanol–water partition coefficient (Wildman–Crippen LogP) is 2.86. The van der Waals surface area contributed by atoms with Crippen LogP contribution in [0.15, 0.2) is 18.2 Å². The number of morpholine rings is 1. The Morgan fingerprint density at radius 2 is 1.79 bits per heavy atom. The zero-order valence-electron chi connectivity index (χ0n) is 18.4. The van der Waals surface area contributed by atoms with Crippen molar-refractivity contribution in [3.63, 3.8) is 0 Å². The van der Waals surface area contributed by atoms with Gasteiger partial charge in [-0.3, -0.25) is 9.59 Å². The molecule has 182 valence electrons. The molecular formula is C22H28F3N3O5. The molecule has 1 aromatic rings. The fourth-order valence-electron chi connectivity index (χ4n) is 4.22. The monoisotopic (exact) mass is 471 g/mol. The number of esters is 1. The van der Waals surface area contributed by atoms with Crippen LogP contribution >= 0.6 is 0 Å². The van der Waals surface area contributed by atoms with E-state index >= 15 is 0 Å². The van der Waals surface area contributed by atoms with Gasteiger partial charge in [0.2, 0.25) is 5.91 Å². The number of halogens is 3. The first kappa shape index (κ1) is 24.8. The Morgan fingerprint density at radius 1 is 1.12 bits per heavy atom. The SMILES string of the molecule is CC(=O)NC1(C(=O)OCC(=O)Nc2cc(C(F)(F)F)ccc2N2CCOCC2)CCCCC1. The van der Waals surface area contributed by atoms with Crippen LogP contribution in [-0.2, 0) is 30.0 Å². The molecule has 0 radical (unpaired) electrons. The van der Waals surface area contributed by atoms with E-state index in [9.17, 15) is 27.6 Å². The first-order valence-electron chi connectivity index (χ1n) is 10.9.